The van der Waals surface area contributed by atoms with Crippen molar-refractivity contribution in [3.63, 3.8) is 0 Å². The molecule has 0 amide bonds. The fraction of sp³-hybridized carbons (Fsp3) is 0.111. The van der Waals surface area contributed by atoms with Gasteiger partial charge in [-0.05, 0) is 24.3 Å². The first-order valence-corrected chi connectivity index (χ1v) is 3.38. The van der Waals surface area contributed by atoms with Gasteiger partial charge in [-0.1, -0.05) is 0 Å². The fourth-order valence-corrected chi connectivity index (χ4v) is 0.810. The SMILES string of the molecule is [CH2]OC(=O)c1ccc(OC)cc1. The first-order chi connectivity index (χ1) is 5.77. The third-order valence-corrected chi connectivity index (χ3v) is 1.46. The van der Waals surface area contributed by atoms with Gasteiger partial charge in [0.15, 0.2) is 0 Å². The monoisotopic (exact) mass is 165 g/mol. The van der Waals surface area contributed by atoms with Crippen LogP contribution in [-0.4, -0.2) is 13.1 Å². The van der Waals surface area contributed by atoms with Gasteiger partial charge in [0.2, 0.25) is 0 Å². The molecule has 1 radical (unpaired) electrons. The molecular formula is C9H9O3. The molecule has 0 aliphatic heterocycles. The van der Waals surface area contributed by atoms with Crippen molar-refractivity contribution in [3.8, 4) is 5.75 Å². The molecule has 0 saturated heterocycles. The number of hydrogen-bond donors (Lipinski definition) is 0. The largest absolute Gasteiger partial charge is 0.497 e. The Bertz CT molecular complexity index is 264. The summed E-state index contributed by atoms with van der Waals surface area (Å²) in [6, 6.07) is 6.61. The number of rotatable bonds is 2. The highest BCUT2D eigenvalue weighted by Gasteiger charge is 2.03. The lowest BCUT2D eigenvalue weighted by Crippen LogP contribution is -1.98. The van der Waals surface area contributed by atoms with Crippen molar-refractivity contribution in [2.45, 2.75) is 0 Å². The summed E-state index contributed by atoms with van der Waals surface area (Å²) in [5.74, 6) is 0.258. The van der Waals surface area contributed by atoms with Crippen molar-refractivity contribution in [2.24, 2.45) is 0 Å². The molecule has 0 heterocycles. The molecule has 0 bridgehead atoms. The summed E-state index contributed by atoms with van der Waals surface area (Å²) in [7, 11) is 4.59. The molecule has 0 aromatic heterocycles. The molecule has 3 nitrogen and oxygen atoms in total. The van der Waals surface area contributed by atoms with E-state index in [4.69, 9.17) is 4.74 Å². The Labute approximate surface area is 70.9 Å². The van der Waals surface area contributed by atoms with Crippen LogP contribution in [0.5, 0.6) is 5.75 Å². The van der Waals surface area contributed by atoms with Gasteiger partial charge in [-0.15, -0.1) is 0 Å². The summed E-state index contributed by atoms with van der Waals surface area (Å²) in [6.45, 7) is 0. The van der Waals surface area contributed by atoms with Crippen molar-refractivity contribution in [2.75, 3.05) is 7.11 Å². The van der Waals surface area contributed by atoms with E-state index in [-0.39, 0.29) is 0 Å². The van der Waals surface area contributed by atoms with E-state index >= 15 is 0 Å². The van der Waals surface area contributed by atoms with E-state index in [1.807, 2.05) is 0 Å². The molecule has 0 aliphatic carbocycles. The molecule has 0 atom stereocenters. The summed E-state index contributed by atoms with van der Waals surface area (Å²) in [4.78, 5) is 10.9. The highest BCUT2D eigenvalue weighted by Crippen LogP contribution is 2.11. The maximum Gasteiger partial charge on any atom is 0.338 e. The van der Waals surface area contributed by atoms with Crippen molar-refractivity contribution in [1.82, 2.24) is 0 Å². The van der Waals surface area contributed by atoms with Crippen LogP contribution in [0.3, 0.4) is 0 Å². The van der Waals surface area contributed by atoms with Crippen LogP contribution in [0.1, 0.15) is 10.4 Å². The van der Waals surface area contributed by atoms with Crippen LogP contribution in [0.25, 0.3) is 0 Å². The molecule has 12 heavy (non-hydrogen) atoms. The molecule has 0 unspecified atom stereocenters. The van der Waals surface area contributed by atoms with Crippen LogP contribution >= 0.6 is 0 Å². The lowest BCUT2D eigenvalue weighted by Gasteiger charge is -2.00. The third kappa shape index (κ3) is 1.75. The Morgan fingerprint density at radius 1 is 1.33 bits per heavy atom. The molecule has 0 saturated carbocycles. The standard InChI is InChI=1S/C9H9O3/c1-11-8-5-3-7(4-6-8)9(10)12-2/h3-6H,2H2,1H3. The average Bonchev–Trinajstić information content (AvgIpc) is 2.17. The summed E-state index contributed by atoms with van der Waals surface area (Å²) >= 11 is 0. The van der Waals surface area contributed by atoms with Gasteiger partial charge < -0.3 is 9.47 Å². The van der Waals surface area contributed by atoms with Crippen molar-refractivity contribution in [3.05, 3.63) is 36.9 Å². The number of benzene rings is 1. The molecule has 3 heteroatoms. The Hall–Kier alpha value is -1.51. The van der Waals surface area contributed by atoms with Crippen LogP contribution in [0, 0.1) is 7.11 Å². The van der Waals surface area contributed by atoms with E-state index < -0.39 is 5.97 Å². The fourth-order valence-electron chi connectivity index (χ4n) is 0.810. The zero-order valence-electron chi connectivity index (χ0n) is 6.74. The lowest BCUT2D eigenvalue weighted by molar-refractivity contribution is 0.0654. The Morgan fingerprint density at radius 2 is 1.92 bits per heavy atom. The van der Waals surface area contributed by atoms with Crippen LogP contribution < -0.4 is 4.74 Å². The molecule has 0 fully saturated rings. The van der Waals surface area contributed by atoms with Gasteiger partial charge in [0.05, 0.1) is 12.7 Å². The van der Waals surface area contributed by atoms with Gasteiger partial charge in [-0.3, -0.25) is 0 Å². The molecule has 1 aromatic rings. The van der Waals surface area contributed by atoms with E-state index in [0.717, 1.165) is 0 Å². The minimum Gasteiger partial charge on any atom is -0.497 e. The Morgan fingerprint density at radius 3 is 2.33 bits per heavy atom. The van der Waals surface area contributed by atoms with Gasteiger partial charge in [0, 0.05) is 0 Å². The zero-order valence-corrected chi connectivity index (χ0v) is 6.74. The van der Waals surface area contributed by atoms with Gasteiger partial charge in [-0.2, -0.15) is 0 Å². The summed E-state index contributed by atoms with van der Waals surface area (Å²) in [6.07, 6.45) is 0. The van der Waals surface area contributed by atoms with Gasteiger partial charge in [0.1, 0.15) is 12.9 Å². The first-order valence-electron chi connectivity index (χ1n) is 3.38. The molecule has 1 rings (SSSR count). The molecule has 1 aromatic carbocycles. The van der Waals surface area contributed by atoms with Gasteiger partial charge >= 0.3 is 5.97 Å². The lowest BCUT2D eigenvalue weighted by atomic mass is 10.2. The molecule has 63 valence electrons. The Balaban J connectivity index is 2.84. The van der Waals surface area contributed by atoms with E-state index in [9.17, 15) is 4.79 Å². The number of esters is 1. The minimum absolute atomic E-state index is 0.447. The van der Waals surface area contributed by atoms with E-state index in [1.54, 1.807) is 31.4 Å². The molecule has 0 N–H and O–H groups in total. The maximum absolute atomic E-state index is 10.9. The predicted molar refractivity (Wildman–Crippen MR) is 43.8 cm³/mol. The minimum atomic E-state index is -0.447. The number of carbonyl (C=O) groups is 1. The van der Waals surface area contributed by atoms with Crippen LogP contribution in [0.4, 0.5) is 0 Å². The first kappa shape index (κ1) is 8.59. The number of ether oxygens (including phenoxy) is 2. The van der Waals surface area contributed by atoms with Crippen LogP contribution in [0.15, 0.2) is 24.3 Å². The summed E-state index contributed by atoms with van der Waals surface area (Å²) in [5.41, 5.74) is 0.464. The highest BCUT2D eigenvalue weighted by atomic mass is 16.5. The molecular weight excluding hydrogens is 156 g/mol. The van der Waals surface area contributed by atoms with E-state index in [0.29, 0.717) is 11.3 Å². The molecule has 0 aliphatic rings. The van der Waals surface area contributed by atoms with E-state index in [1.165, 1.54) is 0 Å². The van der Waals surface area contributed by atoms with E-state index in [2.05, 4.69) is 11.8 Å². The Kier molecular flexibility index (Phi) is 2.69. The smallest absolute Gasteiger partial charge is 0.338 e. The number of hydrogen-bond acceptors (Lipinski definition) is 3. The van der Waals surface area contributed by atoms with Gasteiger partial charge in [0.25, 0.3) is 0 Å². The van der Waals surface area contributed by atoms with Crippen molar-refractivity contribution in [1.29, 1.82) is 0 Å². The van der Waals surface area contributed by atoms with Crippen molar-refractivity contribution < 1.29 is 14.3 Å². The second-order valence-electron chi connectivity index (χ2n) is 2.16. The van der Waals surface area contributed by atoms with Crippen LogP contribution in [-0.2, 0) is 4.74 Å². The maximum atomic E-state index is 10.9. The second kappa shape index (κ2) is 3.76. The average molecular weight is 165 g/mol. The summed E-state index contributed by atoms with van der Waals surface area (Å²) in [5, 5.41) is 0. The second-order valence-corrected chi connectivity index (χ2v) is 2.16. The third-order valence-electron chi connectivity index (χ3n) is 1.46. The van der Waals surface area contributed by atoms with Crippen LogP contribution in [0.2, 0.25) is 0 Å². The molecule has 0 spiro atoms. The van der Waals surface area contributed by atoms with Crippen molar-refractivity contribution >= 4 is 5.97 Å². The zero-order chi connectivity index (χ0) is 8.97. The predicted octanol–water partition coefficient (Wildman–Crippen LogP) is 1.64. The highest BCUT2D eigenvalue weighted by molar-refractivity contribution is 5.89. The van der Waals surface area contributed by atoms with Gasteiger partial charge in [-0.25, -0.2) is 4.79 Å². The summed E-state index contributed by atoms with van der Waals surface area (Å²) < 4.78 is 9.19. The number of methoxy groups -OCH3 is 1. The normalized spacial score (nSPS) is 9.17. The topological polar surface area (TPSA) is 35.5 Å². The quantitative estimate of drug-likeness (QED) is 0.625. The number of carbonyl (C=O) groups excluding carboxylic acids is 1.